The van der Waals surface area contributed by atoms with E-state index in [1.807, 2.05) is 37.3 Å². The predicted octanol–water partition coefficient (Wildman–Crippen LogP) is 1.01. The number of carbonyl (C=O) groups is 2. The molecule has 0 spiro atoms. The number of hydrogen-bond donors (Lipinski definition) is 3. The Kier molecular flexibility index (Phi) is 7.46. The molecule has 5 heteroatoms. The fourth-order valence-electron chi connectivity index (χ4n) is 1.96. The van der Waals surface area contributed by atoms with Crippen molar-refractivity contribution in [1.29, 1.82) is 0 Å². The molecule has 0 radical (unpaired) electrons. The first-order valence-corrected chi connectivity index (χ1v) is 7.32. The largest absolute Gasteiger partial charge is 0.392 e. The van der Waals surface area contributed by atoms with Crippen LogP contribution in [0.3, 0.4) is 0 Å². The van der Waals surface area contributed by atoms with Gasteiger partial charge in [-0.05, 0) is 18.9 Å². The van der Waals surface area contributed by atoms with Crippen LogP contribution in [0.15, 0.2) is 30.3 Å². The van der Waals surface area contributed by atoms with Crippen LogP contribution in [0, 0.1) is 0 Å². The first-order valence-electron chi connectivity index (χ1n) is 7.32. The van der Waals surface area contributed by atoms with Crippen molar-refractivity contribution in [3.8, 4) is 0 Å². The molecule has 5 nitrogen and oxygen atoms in total. The van der Waals surface area contributed by atoms with Crippen molar-refractivity contribution in [3.05, 3.63) is 35.9 Å². The van der Waals surface area contributed by atoms with Crippen LogP contribution in [0.5, 0.6) is 0 Å². The Morgan fingerprint density at radius 1 is 1.24 bits per heavy atom. The molecular formula is C16H24N2O3. The smallest absolute Gasteiger partial charge is 0.242 e. The maximum absolute atomic E-state index is 12.0. The molecule has 0 aliphatic rings. The third kappa shape index (κ3) is 6.90. The Balaban J connectivity index is 2.52. The summed E-state index contributed by atoms with van der Waals surface area (Å²) in [6.07, 6.45) is 1.02. The highest BCUT2D eigenvalue weighted by Gasteiger charge is 2.19. The van der Waals surface area contributed by atoms with E-state index in [-0.39, 0.29) is 24.8 Å². The van der Waals surface area contributed by atoms with Gasteiger partial charge in [-0.1, -0.05) is 43.7 Å². The van der Waals surface area contributed by atoms with Gasteiger partial charge in [-0.2, -0.15) is 0 Å². The van der Waals surface area contributed by atoms with Gasteiger partial charge in [0, 0.05) is 6.54 Å². The monoisotopic (exact) mass is 292 g/mol. The van der Waals surface area contributed by atoms with Crippen molar-refractivity contribution < 1.29 is 14.7 Å². The SMILES string of the molecule is CCC[C@@H](NC(=O)Cc1ccccc1)C(=O)NC[C@H](C)O. The van der Waals surface area contributed by atoms with Gasteiger partial charge in [-0.3, -0.25) is 9.59 Å². The lowest BCUT2D eigenvalue weighted by molar-refractivity contribution is -0.129. The summed E-state index contributed by atoms with van der Waals surface area (Å²) in [5.74, 6) is -0.425. The van der Waals surface area contributed by atoms with Crippen molar-refractivity contribution in [2.45, 2.75) is 45.3 Å². The molecule has 0 unspecified atom stereocenters. The highest BCUT2D eigenvalue weighted by Crippen LogP contribution is 2.02. The minimum absolute atomic E-state index is 0.174. The van der Waals surface area contributed by atoms with Gasteiger partial charge < -0.3 is 15.7 Å². The summed E-state index contributed by atoms with van der Waals surface area (Å²) >= 11 is 0. The maximum Gasteiger partial charge on any atom is 0.242 e. The number of amides is 2. The summed E-state index contributed by atoms with van der Waals surface area (Å²) in [4.78, 5) is 24.0. The first kappa shape index (κ1) is 17.2. The second-order valence-corrected chi connectivity index (χ2v) is 5.17. The third-order valence-corrected chi connectivity index (χ3v) is 3.01. The Bertz CT molecular complexity index is 446. The molecule has 3 N–H and O–H groups in total. The van der Waals surface area contributed by atoms with Crippen LogP contribution in [0.4, 0.5) is 0 Å². The number of rotatable bonds is 8. The van der Waals surface area contributed by atoms with Crippen molar-refractivity contribution in [1.82, 2.24) is 10.6 Å². The fourth-order valence-corrected chi connectivity index (χ4v) is 1.96. The van der Waals surface area contributed by atoms with Crippen molar-refractivity contribution in [3.63, 3.8) is 0 Å². The fraction of sp³-hybridized carbons (Fsp3) is 0.500. The Hall–Kier alpha value is -1.88. The van der Waals surface area contributed by atoms with Gasteiger partial charge in [0.15, 0.2) is 0 Å². The summed E-state index contributed by atoms with van der Waals surface area (Å²) < 4.78 is 0. The van der Waals surface area contributed by atoms with Crippen LogP contribution in [0.1, 0.15) is 32.3 Å². The first-order chi connectivity index (χ1) is 10.0. The summed E-state index contributed by atoms with van der Waals surface area (Å²) in [5, 5.41) is 14.6. The number of nitrogens with one attached hydrogen (secondary N) is 2. The Morgan fingerprint density at radius 3 is 2.48 bits per heavy atom. The zero-order chi connectivity index (χ0) is 15.7. The highest BCUT2D eigenvalue weighted by molar-refractivity contribution is 5.88. The number of hydrogen-bond acceptors (Lipinski definition) is 3. The molecule has 2 atom stereocenters. The number of benzene rings is 1. The minimum atomic E-state index is -0.601. The second-order valence-electron chi connectivity index (χ2n) is 5.17. The van der Waals surface area contributed by atoms with Gasteiger partial charge in [-0.15, -0.1) is 0 Å². The van der Waals surface area contributed by atoms with Gasteiger partial charge >= 0.3 is 0 Å². The quantitative estimate of drug-likeness (QED) is 0.669. The van der Waals surface area contributed by atoms with Gasteiger partial charge in [0.1, 0.15) is 6.04 Å². The van der Waals surface area contributed by atoms with Crippen LogP contribution in [0.25, 0.3) is 0 Å². The van der Waals surface area contributed by atoms with E-state index < -0.39 is 12.1 Å². The van der Waals surface area contributed by atoms with Crippen LogP contribution in [0.2, 0.25) is 0 Å². The van der Waals surface area contributed by atoms with E-state index in [0.717, 1.165) is 12.0 Å². The molecule has 116 valence electrons. The molecule has 0 fully saturated rings. The van der Waals surface area contributed by atoms with E-state index in [4.69, 9.17) is 0 Å². The molecule has 0 saturated carbocycles. The van der Waals surface area contributed by atoms with Crippen molar-refractivity contribution >= 4 is 11.8 Å². The molecule has 0 saturated heterocycles. The summed E-state index contributed by atoms with van der Waals surface area (Å²) in [6, 6.07) is 8.85. The topological polar surface area (TPSA) is 78.4 Å². The molecule has 1 rings (SSSR count). The summed E-state index contributed by atoms with van der Waals surface area (Å²) in [5.41, 5.74) is 0.912. The molecule has 0 aromatic heterocycles. The van der Waals surface area contributed by atoms with E-state index in [2.05, 4.69) is 10.6 Å². The van der Waals surface area contributed by atoms with E-state index in [9.17, 15) is 14.7 Å². The zero-order valence-electron chi connectivity index (χ0n) is 12.6. The van der Waals surface area contributed by atoms with E-state index >= 15 is 0 Å². The zero-order valence-corrected chi connectivity index (χ0v) is 12.6. The van der Waals surface area contributed by atoms with Crippen LogP contribution >= 0.6 is 0 Å². The normalized spacial score (nSPS) is 13.3. The lowest BCUT2D eigenvalue weighted by Gasteiger charge is -2.18. The summed E-state index contributed by atoms with van der Waals surface area (Å²) in [7, 11) is 0. The number of aliphatic hydroxyl groups excluding tert-OH is 1. The van der Waals surface area contributed by atoms with Gasteiger partial charge in [0.25, 0.3) is 0 Å². The molecular weight excluding hydrogens is 268 g/mol. The molecule has 0 aliphatic heterocycles. The molecule has 0 heterocycles. The van der Waals surface area contributed by atoms with Crippen LogP contribution < -0.4 is 10.6 Å². The minimum Gasteiger partial charge on any atom is -0.392 e. The standard InChI is InChI=1S/C16H24N2O3/c1-3-7-14(16(21)17-11-12(2)19)18-15(20)10-13-8-5-4-6-9-13/h4-6,8-9,12,14,19H,3,7,10-11H2,1-2H3,(H,17,21)(H,18,20)/t12-,14+/m0/s1. The maximum atomic E-state index is 12.0. The van der Waals surface area contributed by atoms with Crippen LogP contribution in [-0.4, -0.2) is 35.6 Å². The Labute approximate surface area is 125 Å². The number of carbonyl (C=O) groups excluding carboxylic acids is 2. The second kappa shape index (κ2) is 9.13. The molecule has 21 heavy (non-hydrogen) atoms. The van der Waals surface area contributed by atoms with E-state index in [0.29, 0.717) is 6.42 Å². The van der Waals surface area contributed by atoms with Gasteiger partial charge in [0.05, 0.1) is 12.5 Å². The van der Waals surface area contributed by atoms with Gasteiger partial charge in [0.2, 0.25) is 11.8 Å². The molecule has 1 aromatic carbocycles. The molecule has 1 aromatic rings. The van der Waals surface area contributed by atoms with Crippen molar-refractivity contribution in [2.24, 2.45) is 0 Å². The average molecular weight is 292 g/mol. The highest BCUT2D eigenvalue weighted by atomic mass is 16.3. The third-order valence-electron chi connectivity index (χ3n) is 3.01. The molecule has 0 aliphatic carbocycles. The van der Waals surface area contributed by atoms with E-state index in [1.54, 1.807) is 6.92 Å². The average Bonchev–Trinajstić information content (AvgIpc) is 2.45. The van der Waals surface area contributed by atoms with Crippen LogP contribution in [-0.2, 0) is 16.0 Å². The lowest BCUT2D eigenvalue weighted by atomic mass is 10.1. The Morgan fingerprint density at radius 2 is 1.90 bits per heavy atom. The lowest BCUT2D eigenvalue weighted by Crippen LogP contribution is -2.48. The van der Waals surface area contributed by atoms with Gasteiger partial charge in [-0.25, -0.2) is 0 Å². The number of aliphatic hydroxyl groups is 1. The summed E-state index contributed by atoms with van der Waals surface area (Å²) in [6.45, 7) is 3.75. The molecule has 2 amide bonds. The van der Waals surface area contributed by atoms with E-state index in [1.165, 1.54) is 0 Å². The van der Waals surface area contributed by atoms with Crippen molar-refractivity contribution in [2.75, 3.05) is 6.54 Å². The predicted molar refractivity (Wildman–Crippen MR) is 81.7 cm³/mol. The molecule has 0 bridgehead atoms.